The molecule has 0 bridgehead atoms. The number of hydrogen-bond donors (Lipinski definition) is 1. The second kappa shape index (κ2) is 8.02. The van der Waals surface area contributed by atoms with Gasteiger partial charge >= 0.3 is 6.18 Å². The van der Waals surface area contributed by atoms with Crippen LogP contribution in [-0.4, -0.2) is 43.6 Å². The molecule has 0 spiro atoms. The first-order valence-corrected chi connectivity index (χ1v) is 7.98. The van der Waals surface area contributed by atoms with Gasteiger partial charge in [-0.3, -0.25) is 14.3 Å². The van der Waals surface area contributed by atoms with Gasteiger partial charge in [0, 0.05) is 18.0 Å². The van der Waals surface area contributed by atoms with Gasteiger partial charge in [-0.15, -0.1) is 16.6 Å². The second-order valence-electron chi connectivity index (χ2n) is 4.93. The Hall–Kier alpha value is -2.54. The van der Waals surface area contributed by atoms with Gasteiger partial charge in [-0.05, 0) is 19.1 Å². The minimum atomic E-state index is -4.46. The maximum Gasteiger partial charge on any atom is 0.406 e. The van der Waals surface area contributed by atoms with Gasteiger partial charge in [0.1, 0.15) is 6.54 Å². The standard InChI is InChI=1S/C15H14F3N5OS/c1-3-6-20-13(24)10(2)25-14-22-21-12(11-4-7-19-8-5-11)23(14)9-15(16,17)18/h1,4-5,7-8,10H,6,9H2,2H3,(H,20,24). The fraction of sp³-hybridized carbons (Fsp3) is 0.333. The van der Waals surface area contributed by atoms with Crippen LogP contribution in [0.4, 0.5) is 13.2 Å². The number of hydrogen-bond acceptors (Lipinski definition) is 5. The largest absolute Gasteiger partial charge is 0.406 e. The molecule has 2 heterocycles. The lowest BCUT2D eigenvalue weighted by molar-refractivity contribution is -0.141. The predicted molar refractivity (Wildman–Crippen MR) is 86.5 cm³/mol. The van der Waals surface area contributed by atoms with Crippen molar-refractivity contribution in [2.75, 3.05) is 6.54 Å². The van der Waals surface area contributed by atoms with Crippen LogP contribution >= 0.6 is 11.8 Å². The highest BCUT2D eigenvalue weighted by Gasteiger charge is 2.32. The van der Waals surface area contributed by atoms with Crippen LogP contribution in [0.2, 0.25) is 0 Å². The van der Waals surface area contributed by atoms with Gasteiger partial charge in [-0.2, -0.15) is 13.2 Å². The summed E-state index contributed by atoms with van der Waals surface area (Å²) in [7, 11) is 0. The number of amides is 1. The molecule has 2 aromatic heterocycles. The van der Waals surface area contributed by atoms with E-state index < -0.39 is 23.9 Å². The van der Waals surface area contributed by atoms with Crippen molar-refractivity contribution in [3.8, 4) is 23.7 Å². The predicted octanol–water partition coefficient (Wildman–Crippen LogP) is 2.13. The van der Waals surface area contributed by atoms with E-state index in [0.29, 0.717) is 5.56 Å². The first-order valence-electron chi connectivity index (χ1n) is 7.10. The molecule has 25 heavy (non-hydrogen) atoms. The summed E-state index contributed by atoms with van der Waals surface area (Å²) in [4.78, 5) is 15.7. The molecule has 0 aromatic carbocycles. The van der Waals surface area contributed by atoms with Crippen LogP contribution in [0.25, 0.3) is 11.4 Å². The van der Waals surface area contributed by atoms with Crippen molar-refractivity contribution in [2.24, 2.45) is 0 Å². The number of rotatable bonds is 6. The molecule has 0 radical (unpaired) electrons. The number of terminal acetylenes is 1. The monoisotopic (exact) mass is 369 g/mol. The molecule has 1 amide bonds. The van der Waals surface area contributed by atoms with Gasteiger partial charge in [-0.25, -0.2) is 0 Å². The van der Waals surface area contributed by atoms with Crippen molar-refractivity contribution in [1.82, 2.24) is 25.1 Å². The van der Waals surface area contributed by atoms with Crippen LogP contribution in [-0.2, 0) is 11.3 Å². The average molecular weight is 369 g/mol. The lowest BCUT2D eigenvalue weighted by Crippen LogP contribution is -2.31. The van der Waals surface area contributed by atoms with Gasteiger partial charge in [0.05, 0.1) is 11.8 Å². The number of aromatic nitrogens is 4. The zero-order chi connectivity index (χ0) is 18.4. The molecule has 1 atom stereocenters. The van der Waals surface area contributed by atoms with Gasteiger partial charge < -0.3 is 5.32 Å². The fourth-order valence-corrected chi connectivity index (χ4v) is 2.78. The van der Waals surface area contributed by atoms with Gasteiger partial charge in [-0.1, -0.05) is 17.7 Å². The Kier molecular flexibility index (Phi) is 6.03. The molecule has 1 N–H and O–H groups in total. The number of thioether (sulfide) groups is 1. The third-order valence-corrected chi connectivity index (χ3v) is 4.09. The molecule has 1 unspecified atom stereocenters. The minimum Gasteiger partial charge on any atom is -0.344 e. The van der Waals surface area contributed by atoms with Crippen molar-refractivity contribution < 1.29 is 18.0 Å². The average Bonchev–Trinajstić information content (AvgIpc) is 2.94. The van der Waals surface area contributed by atoms with E-state index in [1.165, 1.54) is 24.5 Å². The summed E-state index contributed by atoms with van der Waals surface area (Å²) in [6, 6.07) is 3.07. The van der Waals surface area contributed by atoms with E-state index in [-0.39, 0.29) is 17.5 Å². The molecule has 2 aromatic rings. The number of carbonyl (C=O) groups is 1. The first-order chi connectivity index (χ1) is 11.8. The molecule has 0 aliphatic rings. The van der Waals surface area contributed by atoms with Crippen molar-refractivity contribution in [3.05, 3.63) is 24.5 Å². The van der Waals surface area contributed by atoms with Gasteiger partial charge in [0.2, 0.25) is 5.91 Å². The zero-order valence-corrected chi connectivity index (χ0v) is 13.9. The van der Waals surface area contributed by atoms with Crippen molar-refractivity contribution in [1.29, 1.82) is 0 Å². The summed E-state index contributed by atoms with van der Waals surface area (Å²) in [6.45, 7) is 0.329. The molecule has 2 rings (SSSR count). The highest BCUT2D eigenvalue weighted by Crippen LogP contribution is 2.30. The number of nitrogens with zero attached hydrogens (tertiary/aromatic N) is 4. The highest BCUT2D eigenvalue weighted by atomic mass is 32.2. The van der Waals surface area contributed by atoms with E-state index in [1.54, 1.807) is 6.92 Å². The molecule has 0 saturated carbocycles. The third kappa shape index (κ3) is 5.22. The zero-order valence-electron chi connectivity index (χ0n) is 13.1. The fourth-order valence-electron chi connectivity index (χ4n) is 1.91. The second-order valence-corrected chi connectivity index (χ2v) is 6.23. The summed E-state index contributed by atoms with van der Waals surface area (Å²) in [6.07, 6.45) is 3.50. The summed E-state index contributed by atoms with van der Waals surface area (Å²) < 4.78 is 39.8. The molecule has 10 heteroatoms. The Morgan fingerprint density at radius 3 is 2.68 bits per heavy atom. The van der Waals surface area contributed by atoms with E-state index >= 15 is 0 Å². The molecule has 0 saturated heterocycles. The molecular weight excluding hydrogens is 355 g/mol. The van der Waals surface area contributed by atoms with E-state index in [1.807, 2.05) is 0 Å². The number of halogens is 3. The molecule has 132 valence electrons. The van der Waals surface area contributed by atoms with E-state index in [0.717, 1.165) is 16.3 Å². The summed E-state index contributed by atoms with van der Waals surface area (Å²) >= 11 is 0.878. The van der Waals surface area contributed by atoms with Crippen LogP contribution in [0.5, 0.6) is 0 Å². The Balaban J connectivity index is 2.30. The molecule has 0 aliphatic heterocycles. The normalized spacial score (nSPS) is 12.4. The molecule has 0 aliphatic carbocycles. The Morgan fingerprint density at radius 2 is 2.08 bits per heavy atom. The van der Waals surface area contributed by atoms with E-state index in [2.05, 4.69) is 26.4 Å². The molecule has 0 fully saturated rings. The van der Waals surface area contributed by atoms with Gasteiger partial charge in [0.15, 0.2) is 11.0 Å². The SMILES string of the molecule is C#CCNC(=O)C(C)Sc1nnc(-c2ccncc2)n1CC(F)(F)F. The Bertz CT molecular complexity index is 770. The van der Waals surface area contributed by atoms with Crippen LogP contribution in [0, 0.1) is 12.3 Å². The lowest BCUT2D eigenvalue weighted by Gasteiger charge is -2.14. The minimum absolute atomic E-state index is 0.00695. The maximum absolute atomic E-state index is 13.0. The topological polar surface area (TPSA) is 72.7 Å². The summed E-state index contributed by atoms with van der Waals surface area (Å²) in [5.41, 5.74) is 0.447. The van der Waals surface area contributed by atoms with Gasteiger partial charge in [0.25, 0.3) is 0 Å². The number of alkyl halides is 3. The summed E-state index contributed by atoms with van der Waals surface area (Å²) in [5, 5.41) is 9.44. The quantitative estimate of drug-likeness (QED) is 0.624. The number of pyridine rings is 1. The number of nitrogens with one attached hydrogen (secondary N) is 1. The van der Waals surface area contributed by atoms with E-state index in [4.69, 9.17) is 6.42 Å². The maximum atomic E-state index is 13.0. The van der Waals surface area contributed by atoms with Crippen LogP contribution in [0.3, 0.4) is 0 Å². The molecule has 6 nitrogen and oxygen atoms in total. The lowest BCUT2D eigenvalue weighted by atomic mass is 10.2. The van der Waals surface area contributed by atoms with Crippen LogP contribution in [0.1, 0.15) is 6.92 Å². The van der Waals surface area contributed by atoms with Crippen molar-refractivity contribution in [3.63, 3.8) is 0 Å². The van der Waals surface area contributed by atoms with Crippen molar-refractivity contribution in [2.45, 2.75) is 30.1 Å². The van der Waals surface area contributed by atoms with Crippen molar-refractivity contribution >= 4 is 17.7 Å². The van der Waals surface area contributed by atoms with Crippen LogP contribution < -0.4 is 5.32 Å². The summed E-state index contributed by atoms with van der Waals surface area (Å²) in [5.74, 6) is 1.92. The smallest absolute Gasteiger partial charge is 0.344 e. The first kappa shape index (κ1) is 18.8. The molecular formula is C15H14F3N5OS. The van der Waals surface area contributed by atoms with E-state index in [9.17, 15) is 18.0 Å². The van der Waals surface area contributed by atoms with Crippen LogP contribution in [0.15, 0.2) is 29.7 Å². The Morgan fingerprint density at radius 1 is 1.40 bits per heavy atom. The highest BCUT2D eigenvalue weighted by molar-refractivity contribution is 8.00. The number of carbonyl (C=O) groups excluding carboxylic acids is 1. The third-order valence-electron chi connectivity index (χ3n) is 3.01. The Labute approximate surface area is 146 Å².